The minimum Gasteiger partial charge on any atom is -0.314 e. The number of hydrogen-bond acceptors (Lipinski definition) is 2. The van der Waals surface area contributed by atoms with Crippen LogP contribution in [-0.4, -0.2) is 22.4 Å². The molecular formula is C14H25N3. The summed E-state index contributed by atoms with van der Waals surface area (Å²) in [6.45, 7) is 3.42. The van der Waals surface area contributed by atoms with Crippen LogP contribution in [0.1, 0.15) is 44.6 Å². The van der Waals surface area contributed by atoms with Gasteiger partial charge in [0.15, 0.2) is 0 Å². The van der Waals surface area contributed by atoms with Gasteiger partial charge in [-0.25, -0.2) is 0 Å². The number of aryl methyl sites for hydroxylation is 2. The number of nitrogens with one attached hydrogen (secondary N) is 1. The maximum absolute atomic E-state index is 4.22. The highest BCUT2D eigenvalue weighted by Crippen LogP contribution is 2.29. The summed E-state index contributed by atoms with van der Waals surface area (Å²) in [6, 6.07) is 0.786. The molecule has 0 spiro atoms. The molecule has 0 bridgehead atoms. The zero-order valence-electron chi connectivity index (χ0n) is 11.2. The lowest BCUT2D eigenvalue weighted by atomic mass is 9.99. The fraction of sp³-hybridized carbons (Fsp3) is 0.786. The molecule has 0 aromatic carbocycles. The van der Waals surface area contributed by atoms with E-state index in [-0.39, 0.29) is 0 Å². The van der Waals surface area contributed by atoms with E-state index in [0.29, 0.717) is 0 Å². The molecule has 0 aliphatic heterocycles. The zero-order chi connectivity index (χ0) is 12.1. The molecule has 1 N–H and O–H groups in total. The first-order valence-electron chi connectivity index (χ1n) is 6.99. The molecule has 3 heteroatoms. The Bertz CT molecular complexity index is 332. The van der Waals surface area contributed by atoms with Gasteiger partial charge in [-0.15, -0.1) is 0 Å². The van der Waals surface area contributed by atoms with E-state index in [9.17, 15) is 0 Å². The van der Waals surface area contributed by atoms with E-state index in [2.05, 4.69) is 23.5 Å². The van der Waals surface area contributed by atoms with Gasteiger partial charge in [-0.1, -0.05) is 6.92 Å². The van der Waals surface area contributed by atoms with E-state index in [0.717, 1.165) is 12.0 Å². The predicted molar refractivity (Wildman–Crippen MR) is 71.0 cm³/mol. The quantitative estimate of drug-likeness (QED) is 0.821. The van der Waals surface area contributed by atoms with E-state index in [1.165, 1.54) is 50.6 Å². The van der Waals surface area contributed by atoms with Crippen molar-refractivity contribution in [3.63, 3.8) is 0 Å². The van der Waals surface area contributed by atoms with Crippen LogP contribution in [0.2, 0.25) is 0 Å². The lowest BCUT2D eigenvalue weighted by Gasteiger charge is -2.12. The fourth-order valence-corrected chi connectivity index (χ4v) is 2.84. The van der Waals surface area contributed by atoms with Gasteiger partial charge in [0.1, 0.15) is 0 Å². The first kappa shape index (κ1) is 12.6. The highest BCUT2D eigenvalue weighted by atomic mass is 15.2. The summed E-state index contributed by atoms with van der Waals surface area (Å²) < 4.78 is 1.90. The van der Waals surface area contributed by atoms with Crippen LogP contribution in [0.5, 0.6) is 0 Å². The Labute approximate surface area is 105 Å². The molecule has 2 rings (SSSR count). The third-order valence-corrected chi connectivity index (χ3v) is 3.82. The SMILES string of the molecule is CCCNC1CCC(CCc2cnn(C)c2)C1. The lowest BCUT2D eigenvalue weighted by Crippen LogP contribution is -2.27. The van der Waals surface area contributed by atoms with Gasteiger partial charge in [0.05, 0.1) is 6.20 Å². The first-order valence-corrected chi connectivity index (χ1v) is 6.99. The summed E-state index contributed by atoms with van der Waals surface area (Å²) in [5.74, 6) is 0.921. The van der Waals surface area contributed by atoms with E-state index in [4.69, 9.17) is 0 Å². The van der Waals surface area contributed by atoms with E-state index >= 15 is 0 Å². The summed E-state index contributed by atoms with van der Waals surface area (Å²) in [7, 11) is 1.99. The molecule has 96 valence electrons. The van der Waals surface area contributed by atoms with Crippen LogP contribution >= 0.6 is 0 Å². The number of rotatable bonds is 6. The molecule has 3 nitrogen and oxygen atoms in total. The third kappa shape index (κ3) is 3.84. The molecule has 0 saturated heterocycles. The minimum absolute atomic E-state index is 0.786. The largest absolute Gasteiger partial charge is 0.314 e. The zero-order valence-corrected chi connectivity index (χ0v) is 11.2. The van der Waals surface area contributed by atoms with Gasteiger partial charge in [-0.2, -0.15) is 5.10 Å². The minimum atomic E-state index is 0.786. The van der Waals surface area contributed by atoms with E-state index < -0.39 is 0 Å². The number of nitrogens with zero attached hydrogens (tertiary/aromatic N) is 2. The van der Waals surface area contributed by atoms with Gasteiger partial charge < -0.3 is 5.32 Å². The van der Waals surface area contributed by atoms with Crippen molar-refractivity contribution in [2.24, 2.45) is 13.0 Å². The van der Waals surface area contributed by atoms with Crippen molar-refractivity contribution in [2.75, 3.05) is 6.54 Å². The highest BCUT2D eigenvalue weighted by molar-refractivity contribution is 5.03. The van der Waals surface area contributed by atoms with Crippen molar-refractivity contribution >= 4 is 0 Å². The van der Waals surface area contributed by atoms with Crippen LogP contribution in [0.15, 0.2) is 12.4 Å². The number of hydrogen-bond donors (Lipinski definition) is 1. The molecular weight excluding hydrogens is 210 g/mol. The Hall–Kier alpha value is -0.830. The van der Waals surface area contributed by atoms with Gasteiger partial charge in [0.2, 0.25) is 0 Å². The van der Waals surface area contributed by atoms with Crippen molar-refractivity contribution < 1.29 is 0 Å². The molecule has 0 radical (unpaired) electrons. The Morgan fingerprint density at radius 2 is 2.35 bits per heavy atom. The van der Waals surface area contributed by atoms with Crippen LogP contribution in [0.4, 0.5) is 0 Å². The van der Waals surface area contributed by atoms with Crippen LogP contribution in [0.3, 0.4) is 0 Å². The van der Waals surface area contributed by atoms with Crippen molar-refractivity contribution in [1.82, 2.24) is 15.1 Å². The van der Waals surface area contributed by atoms with E-state index in [1.807, 2.05) is 17.9 Å². The average molecular weight is 235 g/mol. The topological polar surface area (TPSA) is 29.9 Å². The van der Waals surface area contributed by atoms with Crippen LogP contribution in [-0.2, 0) is 13.5 Å². The molecule has 1 fully saturated rings. The monoisotopic (exact) mass is 235 g/mol. The van der Waals surface area contributed by atoms with Gasteiger partial charge in [-0.05, 0) is 56.6 Å². The molecule has 2 unspecified atom stereocenters. The van der Waals surface area contributed by atoms with Crippen LogP contribution in [0.25, 0.3) is 0 Å². The van der Waals surface area contributed by atoms with Gasteiger partial charge in [-0.3, -0.25) is 4.68 Å². The van der Waals surface area contributed by atoms with Gasteiger partial charge >= 0.3 is 0 Å². The van der Waals surface area contributed by atoms with Crippen molar-refractivity contribution in [3.05, 3.63) is 18.0 Å². The molecule has 1 aliphatic rings. The Morgan fingerprint density at radius 3 is 3.06 bits per heavy atom. The van der Waals surface area contributed by atoms with Crippen LogP contribution in [0, 0.1) is 5.92 Å². The van der Waals surface area contributed by atoms with Crippen molar-refractivity contribution in [2.45, 2.75) is 51.5 Å². The lowest BCUT2D eigenvalue weighted by molar-refractivity contribution is 0.464. The maximum Gasteiger partial charge on any atom is 0.0521 e. The average Bonchev–Trinajstić information content (AvgIpc) is 2.93. The van der Waals surface area contributed by atoms with E-state index in [1.54, 1.807) is 0 Å². The standard InChI is InChI=1S/C14H25N3/c1-3-8-15-14-7-6-12(9-14)4-5-13-10-16-17(2)11-13/h10-12,14-15H,3-9H2,1-2H3. The summed E-state index contributed by atoms with van der Waals surface area (Å²) in [5.41, 5.74) is 1.39. The summed E-state index contributed by atoms with van der Waals surface area (Å²) in [6.07, 6.45) is 12.1. The third-order valence-electron chi connectivity index (χ3n) is 3.82. The second-order valence-electron chi connectivity index (χ2n) is 5.39. The smallest absolute Gasteiger partial charge is 0.0521 e. The molecule has 0 amide bonds. The highest BCUT2D eigenvalue weighted by Gasteiger charge is 2.23. The molecule has 1 aliphatic carbocycles. The normalized spacial score (nSPS) is 24.4. The first-order chi connectivity index (χ1) is 8.28. The van der Waals surface area contributed by atoms with Crippen molar-refractivity contribution in [1.29, 1.82) is 0 Å². The fourth-order valence-electron chi connectivity index (χ4n) is 2.84. The maximum atomic E-state index is 4.22. The molecule has 17 heavy (non-hydrogen) atoms. The summed E-state index contributed by atoms with van der Waals surface area (Å²) >= 11 is 0. The molecule has 1 aromatic rings. The van der Waals surface area contributed by atoms with Crippen LogP contribution < -0.4 is 5.32 Å². The predicted octanol–water partition coefficient (Wildman–Crippen LogP) is 2.52. The molecule has 1 aromatic heterocycles. The number of aromatic nitrogens is 2. The Morgan fingerprint density at radius 1 is 1.47 bits per heavy atom. The molecule has 2 atom stereocenters. The summed E-state index contributed by atoms with van der Waals surface area (Å²) in [4.78, 5) is 0. The second kappa shape index (κ2) is 6.20. The summed E-state index contributed by atoms with van der Waals surface area (Å²) in [5, 5.41) is 7.87. The van der Waals surface area contributed by atoms with Gasteiger partial charge in [0.25, 0.3) is 0 Å². The Balaban J connectivity index is 1.67. The molecule has 1 saturated carbocycles. The second-order valence-corrected chi connectivity index (χ2v) is 5.39. The Kier molecular flexibility index (Phi) is 4.60. The van der Waals surface area contributed by atoms with Crippen molar-refractivity contribution in [3.8, 4) is 0 Å². The van der Waals surface area contributed by atoms with Gasteiger partial charge in [0, 0.05) is 19.3 Å². The molecule has 1 heterocycles.